The molecule has 13 heteroatoms. The van der Waals surface area contributed by atoms with Crippen LogP contribution >= 0.6 is 0 Å². The summed E-state index contributed by atoms with van der Waals surface area (Å²) in [6.07, 6.45) is 3.36. The molecule has 38 heavy (non-hydrogen) atoms. The molecular formula is C25H33F3N6O3V. The van der Waals surface area contributed by atoms with Crippen molar-refractivity contribution in [3.63, 3.8) is 0 Å². The number of pyridine rings is 2. The number of alkyl halides is 3. The number of carbonyl (C=O) groups excluding carboxylic acids is 3. The largest absolute Gasteiger partial charge is 2.00 e. The zero-order valence-electron chi connectivity index (χ0n) is 22.0. The molecule has 0 aliphatic carbocycles. The van der Waals surface area contributed by atoms with Gasteiger partial charge in [-0.05, 0) is 18.1 Å². The molecule has 2 unspecified atom stereocenters. The standard InChI is InChI=1S/C18H17N6O3.C4H10.C2H3F3.CH3.V/c19-7-14(13-9-20-8-12-3-1-5-22-17(12)13)23-18(27)15-4-2-6-24(15)16(26)10-21-11-25;1-4(2)3;1-2(3,4)5;;/h1-3,5,8-9,11,14-15H,4,6,10H2,(H,21,25)(H,23,27);4H,1-3H3;1H3;1H3;/q-1;;;-1;+2. The van der Waals surface area contributed by atoms with E-state index >= 15 is 0 Å². The van der Waals surface area contributed by atoms with Crippen molar-refractivity contribution < 1.29 is 46.1 Å². The number of amides is 3. The Morgan fingerprint density at radius 1 is 1.32 bits per heavy atom. The molecule has 207 valence electrons. The van der Waals surface area contributed by atoms with Gasteiger partial charge in [0.15, 0.2) is 0 Å². The SMILES string of the molecule is CC(C)C.CC(F)(F)F.N#CC(NC(=O)C1C[CH-]CN1C(=O)CNC=O)c1cncc2cccnc12.[CH3-].[V+2]. The van der Waals surface area contributed by atoms with Crippen LogP contribution in [0.4, 0.5) is 13.2 Å². The summed E-state index contributed by atoms with van der Waals surface area (Å²) in [5, 5.41) is 15.3. The number of fused-ring (bicyclic) bond motifs is 1. The Balaban J connectivity index is 0. The number of nitrogens with zero attached hydrogens (tertiary/aromatic N) is 4. The molecular weight excluding hydrogens is 540 g/mol. The number of nitriles is 1. The molecule has 1 aliphatic heterocycles. The van der Waals surface area contributed by atoms with Gasteiger partial charge in [0.1, 0.15) is 6.04 Å². The predicted molar refractivity (Wildman–Crippen MR) is 133 cm³/mol. The fourth-order valence-electron chi connectivity index (χ4n) is 3.03. The van der Waals surface area contributed by atoms with Crippen LogP contribution < -0.4 is 10.6 Å². The van der Waals surface area contributed by atoms with E-state index in [2.05, 4.69) is 47.4 Å². The van der Waals surface area contributed by atoms with Crippen LogP contribution in [0, 0.1) is 31.1 Å². The maximum atomic E-state index is 12.7. The van der Waals surface area contributed by atoms with Crippen LogP contribution in [0.25, 0.3) is 10.9 Å². The fraction of sp³-hybridized carbons (Fsp3) is 0.440. The number of likely N-dealkylation sites (tertiary alicyclic amines) is 1. The van der Waals surface area contributed by atoms with E-state index in [-0.39, 0.29) is 45.4 Å². The van der Waals surface area contributed by atoms with Crippen molar-refractivity contribution in [1.82, 2.24) is 25.5 Å². The van der Waals surface area contributed by atoms with Gasteiger partial charge < -0.3 is 29.4 Å². The average molecular weight is 574 g/mol. The molecule has 9 nitrogen and oxygen atoms in total. The van der Waals surface area contributed by atoms with E-state index < -0.39 is 24.2 Å². The van der Waals surface area contributed by atoms with Crippen LogP contribution in [-0.2, 0) is 32.9 Å². The third-order valence-corrected chi connectivity index (χ3v) is 4.32. The second-order valence-corrected chi connectivity index (χ2v) is 8.47. The molecule has 1 saturated heterocycles. The van der Waals surface area contributed by atoms with Gasteiger partial charge in [-0.25, -0.2) is 0 Å². The molecule has 3 heterocycles. The number of carbonyl (C=O) groups is 3. The number of nitrogens with one attached hydrogen (secondary N) is 2. The summed E-state index contributed by atoms with van der Waals surface area (Å²) in [6.45, 7) is 6.82. The minimum Gasteiger partial charge on any atom is -0.362 e. The molecule has 2 atom stereocenters. The van der Waals surface area contributed by atoms with Gasteiger partial charge in [0.05, 0.1) is 24.2 Å². The fourth-order valence-corrected chi connectivity index (χ4v) is 3.03. The van der Waals surface area contributed by atoms with Gasteiger partial charge in [-0.2, -0.15) is 18.4 Å². The summed E-state index contributed by atoms with van der Waals surface area (Å²) in [5.74, 6) is 0.0284. The Hall–Kier alpha value is -3.17. The topological polar surface area (TPSA) is 128 Å². The molecule has 0 aromatic carbocycles. The molecule has 0 saturated carbocycles. The first kappa shape index (κ1) is 37.0. The summed E-state index contributed by atoms with van der Waals surface area (Å²) in [6, 6.07) is 3.97. The van der Waals surface area contributed by atoms with Gasteiger partial charge in [-0.3, -0.25) is 24.4 Å². The number of hydrogen-bond donors (Lipinski definition) is 2. The Labute approximate surface area is 233 Å². The van der Waals surface area contributed by atoms with Crippen molar-refractivity contribution in [2.45, 2.75) is 52.4 Å². The van der Waals surface area contributed by atoms with Crippen LogP contribution in [0.5, 0.6) is 0 Å². The van der Waals surface area contributed by atoms with Crippen LogP contribution in [0.3, 0.4) is 0 Å². The monoisotopic (exact) mass is 573 g/mol. The van der Waals surface area contributed by atoms with E-state index in [1.165, 1.54) is 11.1 Å². The first-order valence-corrected chi connectivity index (χ1v) is 11.1. The number of aromatic nitrogens is 2. The molecule has 2 aromatic rings. The second-order valence-electron chi connectivity index (χ2n) is 8.47. The maximum absolute atomic E-state index is 12.7. The third-order valence-electron chi connectivity index (χ3n) is 4.32. The predicted octanol–water partition coefficient (Wildman–Crippen LogP) is 3.54. The van der Waals surface area contributed by atoms with Crippen LogP contribution in [0.15, 0.2) is 30.7 Å². The average Bonchev–Trinajstić information content (AvgIpc) is 3.29. The smallest absolute Gasteiger partial charge is 0.362 e. The summed E-state index contributed by atoms with van der Waals surface area (Å²) in [4.78, 5) is 45.0. The van der Waals surface area contributed by atoms with Crippen molar-refractivity contribution in [2.75, 3.05) is 13.1 Å². The minimum atomic E-state index is -4.00. The normalized spacial score (nSPS) is 14.7. The van der Waals surface area contributed by atoms with E-state index in [9.17, 15) is 32.8 Å². The number of hydrogen-bond acceptors (Lipinski definition) is 6. The summed E-state index contributed by atoms with van der Waals surface area (Å²) < 4.78 is 31.1. The van der Waals surface area contributed by atoms with Gasteiger partial charge in [-0.15, -0.1) is 13.0 Å². The molecule has 1 fully saturated rings. The van der Waals surface area contributed by atoms with Crippen LogP contribution in [0.2, 0.25) is 0 Å². The van der Waals surface area contributed by atoms with Crippen LogP contribution in [0.1, 0.15) is 45.7 Å². The van der Waals surface area contributed by atoms with Gasteiger partial charge in [0.2, 0.25) is 18.2 Å². The van der Waals surface area contributed by atoms with E-state index in [0.29, 0.717) is 30.5 Å². The minimum absolute atomic E-state index is 0. The molecule has 1 radical (unpaired) electrons. The van der Waals surface area contributed by atoms with E-state index in [0.717, 1.165) is 11.3 Å². The van der Waals surface area contributed by atoms with Crippen molar-refractivity contribution >= 4 is 29.1 Å². The van der Waals surface area contributed by atoms with Crippen molar-refractivity contribution in [3.05, 3.63) is 50.1 Å². The molecule has 3 rings (SSSR count). The first-order chi connectivity index (χ1) is 16.9. The number of rotatable bonds is 6. The van der Waals surface area contributed by atoms with E-state index in [4.69, 9.17) is 0 Å². The molecule has 0 spiro atoms. The number of halogens is 3. The van der Waals surface area contributed by atoms with Crippen molar-refractivity contribution in [1.29, 1.82) is 5.26 Å². The Morgan fingerprint density at radius 2 is 1.92 bits per heavy atom. The first-order valence-electron chi connectivity index (χ1n) is 11.1. The Bertz CT molecular complexity index is 1050. The molecule has 2 aromatic heterocycles. The van der Waals surface area contributed by atoms with Crippen LogP contribution in [-0.4, -0.2) is 58.4 Å². The zero-order chi connectivity index (χ0) is 27.3. The van der Waals surface area contributed by atoms with Crippen molar-refractivity contribution in [2.24, 2.45) is 5.92 Å². The van der Waals surface area contributed by atoms with E-state index in [1.54, 1.807) is 18.5 Å². The Kier molecular flexibility index (Phi) is 17.7. The molecule has 2 N–H and O–H groups in total. The van der Waals surface area contributed by atoms with Gasteiger partial charge in [0, 0.05) is 36.5 Å². The zero-order valence-corrected chi connectivity index (χ0v) is 23.4. The molecule has 0 bridgehead atoms. The Morgan fingerprint density at radius 3 is 2.47 bits per heavy atom. The third kappa shape index (κ3) is 13.4. The summed E-state index contributed by atoms with van der Waals surface area (Å²) in [7, 11) is 0. The summed E-state index contributed by atoms with van der Waals surface area (Å²) >= 11 is 0. The van der Waals surface area contributed by atoms with Gasteiger partial charge in [-0.1, -0.05) is 20.8 Å². The summed E-state index contributed by atoms with van der Waals surface area (Å²) in [5.41, 5.74) is 1.08. The van der Waals surface area contributed by atoms with Gasteiger partial charge >= 0.3 is 24.7 Å². The quantitative estimate of drug-likeness (QED) is 0.402. The second kappa shape index (κ2) is 18.1. The molecule has 1 aliphatic rings. The van der Waals surface area contributed by atoms with E-state index in [1.807, 2.05) is 12.5 Å². The molecule has 3 amide bonds. The van der Waals surface area contributed by atoms with Gasteiger partial charge in [0.25, 0.3) is 0 Å². The maximum Gasteiger partial charge on any atom is 2.00 e. The van der Waals surface area contributed by atoms with Crippen molar-refractivity contribution in [3.8, 4) is 6.07 Å².